The highest BCUT2D eigenvalue weighted by atomic mass is 35.5. The van der Waals surface area contributed by atoms with Gasteiger partial charge in [-0.1, -0.05) is 11.6 Å². The molecule has 11 heavy (non-hydrogen) atoms. The molecular formula is C7H6ClNO2. The SMILES string of the molecule is Cn1ccc(Cl)c(C=O)c1=O. The lowest BCUT2D eigenvalue weighted by atomic mass is 10.3. The average molecular weight is 172 g/mol. The van der Waals surface area contributed by atoms with E-state index in [1.165, 1.54) is 16.8 Å². The molecule has 1 rings (SSSR count). The molecule has 1 aromatic rings. The molecule has 0 saturated carbocycles. The largest absolute Gasteiger partial charge is 0.318 e. The van der Waals surface area contributed by atoms with Crippen LogP contribution in [0.15, 0.2) is 17.1 Å². The van der Waals surface area contributed by atoms with Gasteiger partial charge < -0.3 is 4.57 Å². The average Bonchev–Trinajstić information content (AvgIpc) is 1.99. The third-order valence-corrected chi connectivity index (χ3v) is 1.70. The molecule has 58 valence electrons. The smallest absolute Gasteiger partial charge is 0.262 e. The second kappa shape index (κ2) is 2.88. The summed E-state index contributed by atoms with van der Waals surface area (Å²) in [7, 11) is 1.56. The van der Waals surface area contributed by atoms with Crippen LogP contribution in [0.2, 0.25) is 5.02 Å². The molecule has 1 heterocycles. The first-order chi connectivity index (χ1) is 5.16. The maximum Gasteiger partial charge on any atom is 0.262 e. The zero-order chi connectivity index (χ0) is 8.43. The van der Waals surface area contributed by atoms with Gasteiger partial charge in [-0.25, -0.2) is 0 Å². The summed E-state index contributed by atoms with van der Waals surface area (Å²) in [6, 6.07) is 1.51. The van der Waals surface area contributed by atoms with Gasteiger partial charge in [0.15, 0.2) is 6.29 Å². The van der Waals surface area contributed by atoms with E-state index in [4.69, 9.17) is 11.6 Å². The summed E-state index contributed by atoms with van der Waals surface area (Å²) in [5, 5.41) is 0.197. The maximum absolute atomic E-state index is 11.1. The standard InChI is InChI=1S/C7H6ClNO2/c1-9-3-2-6(8)5(4-10)7(9)11/h2-4H,1H3. The van der Waals surface area contributed by atoms with Crippen molar-refractivity contribution in [2.45, 2.75) is 0 Å². The van der Waals surface area contributed by atoms with Gasteiger partial charge in [-0.2, -0.15) is 0 Å². The highest BCUT2D eigenvalue weighted by Crippen LogP contribution is 2.07. The number of rotatable bonds is 1. The van der Waals surface area contributed by atoms with Crippen molar-refractivity contribution in [1.82, 2.24) is 4.57 Å². The Morgan fingerprint density at radius 3 is 2.73 bits per heavy atom. The van der Waals surface area contributed by atoms with Crippen LogP contribution >= 0.6 is 11.6 Å². The summed E-state index contributed by atoms with van der Waals surface area (Å²) in [5.41, 5.74) is -0.357. The van der Waals surface area contributed by atoms with Crippen molar-refractivity contribution in [3.63, 3.8) is 0 Å². The number of pyridine rings is 1. The quantitative estimate of drug-likeness (QED) is 0.588. The lowest BCUT2D eigenvalue weighted by Gasteiger charge is -1.98. The molecule has 0 aliphatic carbocycles. The number of carbonyl (C=O) groups is 1. The van der Waals surface area contributed by atoms with E-state index >= 15 is 0 Å². The maximum atomic E-state index is 11.1. The van der Waals surface area contributed by atoms with Crippen molar-refractivity contribution in [3.8, 4) is 0 Å². The summed E-state index contributed by atoms with van der Waals surface area (Å²) in [6.45, 7) is 0. The van der Waals surface area contributed by atoms with Gasteiger partial charge in [0.2, 0.25) is 0 Å². The molecule has 0 aromatic carbocycles. The van der Waals surface area contributed by atoms with Crippen LogP contribution < -0.4 is 5.56 Å². The van der Waals surface area contributed by atoms with Gasteiger partial charge in [0.25, 0.3) is 5.56 Å². The summed E-state index contributed by atoms with van der Waals surface area (Å²) in [4.78, 5) is 21.4. The van der Waals surface area contributed by atoms with Crippen LogP contribution in [0, 0.1) is 0 Å². The lowest BCUT2D eigenvalue weighted by molar-refractivity contribution is 0.112. The zero-order valence-corrected chi connectivity index (χ0v) is 6.63. The Balaban J connectivity index is 3.54. The van der Waals surface area contributed by atoms with Crippen LogP contribution in [-0.2, 0) is 7.05 Å². The number of hydrogen-bond donors (Lipinski definition) is 0. The topological polar surface area (TPSA) is 39.1 Å². The minimum Gasteiger partial charge on any atom is -0.318 e. The van der Waals surface area contributed by atoms with Crippen molar-refractivity contribution in [1.29, 1.82) is 0 Å². The minimum atomic E-state index is -0.368. The predicted molar refractivity (Wildman–Crippen MR) is 42.1 cm³/mol. The molecule has 4 heteroatoms. The Morgan fingerprint density at radius 2 is 2.27 bits per heavy atom. The highest BCUT2D eigenvalue weighted by molar-refractivity contribution is 6.32. The zero-order valence-electron chi connectivity index (χ0n) is 5.87. The molecular weight excluding hydrogens is 166 g/mol. The van der Waals surface area contributed by atoms with Gasteiger partial charge in [-0.3, -0.25) is 9.59 Å². The van der Waals surface area contributed by atoms with Gasteiger partial charge in [-0.05, 0) is 6.07 Å². The van der Waals surface area contributed by atoms with E-state index < -0.39 is 0 Å². The van der Waals surface area contributed by atoms with Crippen LogP contribution in [0.3, 0.4) is 0 Å². The van der Waals surface area contributed by atoms with E-state index in [9.17, 15) is 9.59 Å². The predicted octanol–water partition coefficient (Wildman–Crippen LogP) is 0.851. The molecule has 3 nitrogen and oxygen atoms in total. The van der Waals surface area contributed by atoms with Crippen LogP contribution in [0.5, 0.6) is 0 Å². The van der Waals surface area contributed by atoms with Gasteiger partial charge in [0, 0.05) is 13.2 Å². The van der Waals surface area contributed by atoms with Gasteiger partial charge in [-0.15, -0.1) is 0 Å². The van der Waals surface area contributed by atoms with E-state index in [-0.39, 0.29) is 16.1 Å². The molecule has 0 saturated heterocycles. The van der Waals surface area contributed by atoms with E-state index in [1.807, 2.05) is 0 Å². The second-order valence-electron chi connectivity index (χ2n) is 2.11. The van der Waals surface area contributed by atoms with Gasteiger partial charge in [0.1, 0.15) is 0 Å². The highest BCUT2D eigenvalue weighted by Gasteiger charge is 2.03. The van der Waals surface area contributed by atoms with Crippen molar-refractivity contribution in [3.05, 3.63) is 33.2 Å². The molecule has 0 fully saturated rings. The second-order valence-corrected chi connectivity index (χ2v) is 2.52. The number of hydrogen-bond acceptors (Lipinski definition) is 2. The Kier molecular flexibility index (Phi) is 2.10. The number of aromatic nitrogens is 1. The fourth-order valence-electron chi connectivity index (χ4n) is 0.734. The summed E-state index contributed by atoms with van der Waals surface area (Å²) >= 11 is 5.56. The molecule has 0 spiro atoms. The first kappa shape index (κ1) is 8.01. The third-order valence-electron chi connectivity index (χ3n) is 1.37. The van der Waals surface area contributed by atoms with Crippen LogP contribution in [0.25, 0.3) is 0 Å². The fourth-order valence-corrected chi connectivity index (χ4v) is 0.915. The van der Waals surface area contributed by atoms with Crippen molar-refractivity contribution >= 4 is 17.9 Å². The molecule has 0 atom stereocenters. The Labute approximate surface area is 68.2 Å². The summed E-state index contributed by atoms with van der Waals surface area (Å²) in [6.07, 6.45) is 1.97. The molecule has 0 N–H and O–H groups in total. The number of aldehydes is 1. The number of aryl methyl sites for hydroxylation is 1. The van der Waals surface area contributed by atoms with Crippen molar-refractivity contribution in [2.75, 3.05) is 0 Å². The summed E-state index contributed by atoms with van der Waals surface area (Å²) < 4.78 is 1.30. The molecule has 0 amide bonds. The van der Waals surface area contributed by atoms with Crippen molar-refractivity contribution in [2.24, 2.45) is 7.05 Å². The van der Waals surface area contributed by atoms with Crippen molar-refractivity contribution < 1.29 is 4.79 Å². The normalized spacial score (nSPS) is 9.64. The molecule has 0 radical (unpaired) electrons. The molecule has 0 aliphatic heterocycles. The van der Waals surface area contributed by atoms with E-state index in [1.54, 1.807) is 7.05 Å². The number of nitrogens with zero attached hydrogens (tertiary/aromatic N) is 1. The third kappa shape index (κ3) is 1.33. The monoisotopic (exact) mass is 171 g/mol. The molecule has 0 bridgehead atoms. The number of carbonyl (C=O) groups excluding carboxylic acids is 1. The van der Waals surface area contributed by atoms with Gasteiger partial charge in [0.05, 0.1) is 10.6 Å². The van der Waals surface area contributed by atoms with Crippen LogP contribution in [0.4, 0.5) is 0 Å². The van der Waals surface area contributed by atoms with E-state index in [0.717, 1.165) is 0 Å². The molecule has 0 unspecified atom stereocenters. The van der Waals surface area contributed by atoms with Crippen LogP contribution in [0.1, 0.15) is 10.4 Å². The van der Waals surface area contributed by atoms with Crippen LogP contribution in [-0.4, -0.2) is 10.9 Å². The number of halogens is 1. The summed E-state index contributed by atoms with van der Waals surface area (Å²) in [5.74, 6) is 0. The van der Waals surface area contributed by atoms with E-state index in [0.29, 0.717) is 6.29 Å². The minimum absolute atomic E-state index is 0.0108. The molecule has 0 aliphatic rings. The first-order valence-corrected chi connectivity index (χ1v) is 3.35. The lowest BCUT2D eigenvalue weighted by Crippen LogP contribution is -2.20. The fraction of sp³-hybridized carbons (Fsp3) is 0.143. The van der Waals surface area contributed by atoms with E-state index in [2.05, 4.69) is 0 Å². The Hall–Kier alpha value is -1.09. The van der Waals surface area contributed by atoms with Gasteiger partial charge >= 0.3 is 0 Å². The Morgan fingerprint density at radius 1 is 1.64 bits per heavy atom. The first-order valence-electron chi connectivity index (χ1n) is 2.97. The molecule has 1 aromatic heterocycles. The Bertz CT molecular complexity index is 343.